The molecule has 1 amide bonds. The maximum atomic E-state index is 13.1. The lowest BCUT2D eigenvalue weighted by Crippen LogP contribution is -2.59. The summed E-state index contributed by atoms with van der Waals surface area (Å²) in [6.07, 6.45) is 0.726. The van der Waals surface area contributed by atoms with E-state index >= 15 is 0 Å². The van der Waals surface area contributed by atoms with Crippen molar-refractivity contribution in [2.24, 2.45) is 0 Å². The Balaban J connectivity index is 3.32. The highest BCUT2D eigenvalue weighted by molar-refractivity contribution is 6.03. The van der Waals surface area contributed by atoms with Crippen LogP contribution >= 0.6 is 0 Å². The Kier molecular flexibility index (Phi) is 8.08. The van der Waals surface area contributed by atoms with Crippen molar-refractivity contribution in [3.05, 3.63) is 23.3 Å². The molecule has 146 valence electrons. The summed E-state index contributed by atoms with van der Waals surface area (Å²) in [5.41, 5.74) is 1.55. The maximum absolute atomic E-state index is 13.1. The average Bonchev–Trinajstić information content (AvgIpc) is 2.66. The molecule has 0 saturated heterocycles. The fraction of sp³-hybridized carbons (Fsp3) is 0.600. The van der Waals surface area contributed by atoms with Crippen LogP contribution in [0.25, 0.3) is 0 Å². The monoisotopic (exact) mass is 365 g/mol. The fourth-order valence-corrected chi connectivity index (χ4v) is 3.67. The van der Waals surface area contributed by atoms with E-state index in [1.54, 1.807) is 12.1 Å². The molecule has 6 nitrogen and oxygen atoms in total. The molecule has 0 aliphatic carbocycles. The zero-order chi connectivity index (χ0) is 19.9. The van der Waals surface area contributed by atoms with Crippen molar-refractivity contribution in [2.75, 3.05) is 39.2 Å². The first-order valence-electron chi connectivity index (χ1n) is 9.27. The van der Waals surface area contributed by atoms with Gasteiger partial charge in [-0.05, 0) is 45.4 Å². The third-order valence-electron chi connectivity index (χ3n) is 5.44. The van der Waals surface area contributed by atoms with Crippen LogP contribution in [0, 0.1) is 6.92 Å². The topological polar surface area (TPSA) is 64.6 Å². The number of anilines is 1. The second-order valence-electron chi connectivity index (χ2n) is 6.44. The largest absolute Gasteiger partial charge is 0.497 e. The van der Waals surface area contributed by atoms with E-state index in [0.717, 1.165) is 31.6 Å². The van der Waals surface area contributed by atoms with E-state index in [9.17, 15) is 9.59 Å². The highest BCUT2D eigenvalue weighted by Crippen LogP contribution is 2.29. The lowest BCUT2D eigenvalue weighted by atomic mass is 10.0. The van der Waals surface area contributed by atoms with Gasteiger partial charge < -0.3 is 19.3 Å². The zero-order valence-electron chi connectivity index (χ0n) is 17.1. The predicted molar refractivity (Wildman–Crippen MR) is 104 cm³/mol. The number of hydrogen-bond acceptors (Lipinski definition) is 4. The Morgan fingerprint density at radius 3 is 2.08 bits per heavy atom. The molecule has 1 aromatic rings. The minimum Gasteiger partial charge on any atom is -0.497 e. The Labute approximate surface area is 157 Å². The number of esters is 1. The van der Waals surface area contributed by atoms with E-state index in [1.807, 2.05) is 13.8 Å². The molecule has 26 heavy (non-hydrogen) atoms. The van der Waals surface area contributed by atoms with Gasteiger partial charge in [-0.1, -0.05) is 6.92 Å². The Hall–Kier alpha value is -2.08. The molecule has 1 N–H and O–H groups in total. The van der Waals surface area contributed by atoms with Gasteiger partial charge in [0, 0.05) is 6.42 Å². The maximum Gasteiger partial charge on any atom is 0.340 e. The predicted octanol–water partition coefficient (Wildman–Crippen LogP) is 3.38. The summed E-state index contributed by atoms with van der Waals surface area (Å²) < 4.78 is 10.8. The van der Waals surface area contributed by atoms with E-state index in [2.05, 4.69) is 26.1 Å². The van der Waals surface area contributed by atoms with Gasteiger partial charge in [-0.25, -0.2) is 4.79 Å². The number of amides is 1. The summed E-state index contributed by atoms with van der Waals surface area (Å²) in [6.45, 7) is 12.8. The lowest BCUT2D eigenvalue weighted by molar-refractivity contribution is -0.938. The van der Waals surface area contributed by atoms with Crippen LogP contribution in [-0.4, -0.2) is 56.3 Å². The van der Waals surface area contributed by atoms with Crippen molar-refractivity contribution < 1.29 is 23.5 Å². The molecule has 0 bridgehead atoms. The summed E-state index contributed by atoms with van der Waals surface area (Å²) in [5, 5.41) is 2.99. The van der Waals surface area contributed by atoms with Gasteiger partial charge in [0.15, 0.2) is 6.04 Å². The number of benzene rings is 1. The second kappa shape index (κ2) is 9.57. The lowest BCUT2D eigenvalue weighted by Gasteiger charge is -2.41. The van der Waals surface area contributed by atoms with Crippen molar-refractivity contribution in [3.63, 3.8) is 0 Å². The molecule has 6 heteroatoms. The van der Waals surface area contributed by atoms with Gasteiger partial charge >= 0.3 is 5.97 Å². The molecule has 0 spiro atoms. The van der Waals surface area contributed by atoms with Gasteiger partial charge in [0.2, 0.25) is 0 Å². The van der Waals surface area contributed by atoms with E-state index in [4.69, 9.17) is 9.47 Å². The second-order valence-corrected chi connectivity index (χ2v) is 6.44. The number of nitrogens with zero attached hydrogens (tertiary/aromatic N) is 1. The standard InChI is InChI=1S/C20H32N2O4/c1-8-17(22(9-2,10-3)11-4)19(23)21-18-14(5)12-15(25-6)13-16(18)20(24)26-7/h12-13,17H,8-11H2,1-7H3/p+1. The average molecular weight is 365 g/mol. The van der Waals surface area contributed by atoms with E-state index in [-0.39, 0.29) is 11.9 Å². The zero-order valence-corrected chi connectivity index (χ0v) is 17.1. The van der Waals surface area contributed by atoms with Crippen LogP contribution in [0.15, 0.2) is 12.1 Å². The van der Waals surface area contributed by atoms with Gasteiger partial charge in [0.05, 0.1) is 45.1 Å². The highest BCUT2D eigenvalue weighted by atomic mass is 16.5. The quantitative estimate of drug-likeness (QED) is 0.538. The number of nitrogens with one attached hydrogen (secondary N) is 1. The van der Waals surface area contributed by atoms with Gasteiger partial charge in [-0.15, -0.1) is 0 Å². The van der Waals surface area contributed by atoms with Gasteiger partial charge in [-0.3, -0.25) is 4.79 Å². The number of methoxy groups -OCH3 is 2. The van der Waals surface area contributed by atoms with Crippen LogP contribution in [0.3, 0.4) is 0 Å². The number of carbonyl (C=O) groups excluding carboxylic acids is 2. The van der Waals surface area contributed by atoms with Crippen LogP contribution in [-0.2, 0) is 9.53 Å². The van der Waals surface area contributed by atoms with Gasteiger partial charge in [-0.2, -0.15) is 0 Å². The fourth-order valence-electron chi connectivity index (χ4n) is 3.67. The number of ether oxygens (including phenoxy) is 2. The number of carbonyl (C=O) groups is 2. The van der Waals surface area contributed by atoms with Crippen molar-refractivity contribution in [3.8, 4) is 5.75 Å². The molecule has 1 rings (SSSR count). The first-order valence-corrected chi connectivity index (χ1v) is 9.27. The highest BCUT2D eigenvalue weighted by Gasteiger charge is 2.37. The molecule has 1 aromatic carbocycles. The Morgan fingerprint density at radius 1 is 1.08 bits per heavy atom. The SMILES string of the molecule is CCC(C(=O)Nc1c(C)cc(OC)cc1C(=O)OC)[N+](CC)(CC)CC. The van der Waals surface area contributed by atoms with Crippen molar-refractivity contribution >= 4 is 17.6 Å². The van der Waals surface area contributed by atoms with E-state index in [1.165, 1.54) is 14.2 Å². The minimum absolute atomic E-state index is 0.0727. The molecule has 0 aromatic heterocycles. The first-order chi connectivity index (χ1) is 12.3. The molecule has 1 atom stereocenters. The van der Waals surface area contributed by atoms with Gasteiger partial charge in [0.25, 0.3) is 5.91 Å². The summed E-state index contributed by atoms with van der Waals surface area (Å²) >= 11 is 0. The van der Waals surface area contributed by atoms with Crippen LogP contribution in [0.5, 0.6) is 5.75 Å². The van der Waals surface area contributed by atoms with Crippen molar-refractivity contribution in [1.82, 2.24) is 0 Å². The molecule has 0 aliphatic heterocycles. The molecule has 0 heterocycles. The third kappa shape index (κ3) is 4.36. The smallest absolute Gasteiger partial charge is 0.340 e. The molecule has 0 fully saturated rings. The number of quaternary nitrogens is 1. The number of likely N-dealkylation sites (N-methyl/N-ethyl adjacent to an activating group) is 1. The summed E-state index contributed by atoms with van der Waals surface area (Å²) in [6, 6.07) is 3.21. The summed E-state index contributed by atoms with van der Waals surface area (Å²) in [7, 11) is 2.86. The van der Waals surface area contributed by atoms with E-state index < -0.39 is 5.97 Å². The molecule has 0 saturated carbocycles. The summed E-state index contributed by atoms with van der Waals surface area (Å²) in [4.78, 5) is 25.3. The van der Waals surface area contributed by atoms with Crippen LogP contribution < -0.4 is 10.1 Å². The van der Waals surface area contributed by atoms with Crippen molar-refractivity contribution in [1.29, 1.82) is 0 Å². The number of hydrogen-bond donors (Lipinski definition) is 1. The van der Waals surface area contributed by atoms with E-state index in [0.29, 0.717) is 21.5 Å². The minimum atomic E-state index is -0.502. The van der Waals surface area contributed by atoms with Crippen LogP contribution in [0.4, 0.5) is 5.69 Å². The molecular weight excluding hydrogens is 332 g/mol. The molecule has 1 unspecified atom stereocenters. The summed E-state index contributed by atoms with van der Waals surface area (Å²) in [5.74, 6) is -0.0252. The Bertz CT molecular complexity index is 631. The molecule has 0 radical (unpaired) electrons. The number of aryl methyl sites for hydroxylation is 1. The van der Waals surface area contributed by atoms with Crippen LogP contribution in [0.1, 0.15) is 50.0 Å². The first kappa shape index (κ1) is 22.0. The van der Waals surface area contributed by atoms with Crippen molar-refractivity contribution in [2.45, 2.75) is 47.1 Å². The normalized spacial score (nSPS) is 12.4. The van der Waals surface area contributed by atoms with Gasteiger partial charge in [0.1, 0.15) is 5.75 Å². The molecular formula is C20H33N2O4+. The van der Waals surface area contributed by atoms with Crippen LogP contribution in [0.2, 0.25) is 0 Å². The number of rotatable bonds is 9. The third-order valence-corrected chi connectivity index (χ3v) is 5.44. The molecule has 0 aliphatic rings. The Morgan fingerprint density at radius 2 is 1.65 bits per heavy atom.